The molecule has 0 bridgehead atoms. The number of hydrogen-bond donors (Lipinski definition) is 1. The van der Waals surface area contributed by atoms with E-state index in [1.807, 2.05) is 6.07 Å². The topological polar surface area (TPSA) is 88.1 Å². The molecule has 0 aliphatic carbocycles. The van der Waals surface area contributed by atoms with Crippen LogP contribution < -0.4 is 10.3 Å². The molecular formula is C18H23N3O4. The molecule has 0 fully saturated rings. The number of carbonyl (C=O) groups is 3. The number of amides is 2. The van der Waals surface area contributed by atoms with E-state index in [1.165, 1.54) is 5.01 Å². The summed E-state index contributed by atoms with van der Waals surface area (Å²) in [5, 5.41) is 7.98. The van der Waals surface area contributed by atoms with Crippen molar-refractivity contribution < 1.29 is 19.1 Å². The van der Waals surface area contributed by atoms with Crippen molar-refractivity contribution in [1.29, 1.82) is 0 Å². The molecule has 1 N–H and O–H groups in total. The van der Waals surface area contributed by atoms with E-state index < -0.39 is 5.97 Å². The van der Waals surface area contributed by atoms with Crippen molar-refractivity contribution in [2.75, 3.05) is 18.2 Å². The Kier molecular flexibility index (Phi) is 6.68. The van der Waals surface area contributed by atoms with Crippen LogP contribution >= 0.6 is 0 Å². The summed E-state index contributed by atoms with van der Waals surface area (Å²) in [5.41, 5.74) is 0.724. The number of esters is 1. The second-order valence-corrected chi connectivity index (χ2v) is 6.20. The molecule has 0 unspecified atom stereocenters. The lowest BCUT2D eigenvalue weighted by molar-refractivity contribution is -0.142. The van der Waals surface area contributed by atoms with Gasteiger partial charge in [-0.2, -0.15) is 5.10 Å². The van der Waals surface area contributed by atoms with Crippen molar-refractivity contribution in [1.82, 2.24) is 5.32 Å². The molecule has 7 heteroatoms. The van der Waals surface area contributed by atoms with E-state index in [9.17, 15) is 14.4 Å². The highest BCUT2D eigenvalue weighted by atomic mass is 16.5. The second kappa shape index (κ2) is 8.96. The fourth-order valence-corrected chi connectivity index (χ4v) is 2.24. The summed E-state index contributed by atoms with van der Waals surface area (Å²) in [5.74, 6) is -0.719. The van der Waals surface area contributed by atoms with Crippen LogP contribution in [0.15, 0.2) is 35.4 Å². The van der Waals surface area contributed by atoms with E-state index in [1.54, 1.807) is 24.3 Å². The molecule has 134 valence electrons. The summed E-state index contributed by atoms with van der Waals surface area (Å²) >= 11 is 0. The zero-order valence-electron chi connectivity index (χ0n) is 14.5. The molecule has 0 saturated heterocycles. The standard InChI is InChI=1S/C18H23N3O4/c1-13(2)10-11-19-16(22)12-25-18(24)15-8-9-17(23)21(20-15)14-6-4-3-5-7-14/h3-7,13H,8-12H2,1-2H3,(H,19,22). The Labute approximate surface area is 147 Å². The molecule has 0 spiro atoms. The molecule has 0 aromatic heterocycles. The maximum atomic E-state index is 12.1. The number of benzene rings is 1. The fraction of sp³-hybridized carbons (Fsp3) is 0.444. The number of ether oxygens (including phenoxy) is 1. The third-order valence-corrected chi connectivity index (χ3v) is 3.65. The molecule has 1 heterocycles. The minimum atomic E-state index is -0.674. The predicted octanol–water partition coefficient (Wildman–Crippen LogP) is 1.87. The zero-order chi connectivity index (χ0) is 18.2. The van der Waals surface area contributed by atoms with Gasteiger partial charge in [0.1, 0.15) is 5.71 Å². The first-order valence-electron chi connectivity index (χ1n) is 8.36. The second-order valence-electron chi connectivity index (χ2n) is 6.20. The Balaban J connectivity index is 1.90. The van der Waals surface area contributed by atoms with Crippen LogP contribution in [0, 0.1) is 5.92 Å². The monoisotopic (exact) mass is 345 g/mol. The van der Waals surface area contributed by atoms with Crippen LogP contribution in [-0.2, 0) is 19.1 Å². The highest BCUT2D eigenvalue weighted by molar-refractivity contribution is 6.38. The summed E-state index contributed by atoms with van der Waals surface area (Å²) in [7, 11) is 0. The highest BCUT2D eigenvalue weighted by Crippen LogP contribution is 2.19. The molecule has 1 aliphatic heterocycles. The number of anilines is 1. The highest BCUT2D eigenvalue weighted by Gasteiger charge is 2.26. The fourth-order valence-electron chi connectivity index (χ4n) is 2.24. The van der Waals surface area contributed by atoms with Gasteiger partial charge in [-0.15, -0.1) is 0 Å². The SMILES string of the molecule is CC(C)CCNC(=O)COC(=O)C1=NN(c2ccccc2)C(=O)CC1. The Morgan fingerprint density at radius 1 is 1.24 bits per heavy atom. The van der Waals surface area contributed by atoms with Crippen LogP contribution in [0.2, 0.25) is 0 Å². The Morgan fingerprint density at radius 2 is 1.96 bits per heavy atom. The van der Waals surface area contributed by atoms with Gasteiger partial charge >= 0.3 is 5.97 Å². The van der Waals surface area contributed by atoms with Crippen molar-refractivity contribution in [2.45, 2.75) is 33.1 Å². The van der Waals surface area contributed by atoms with Gasteiger partial charge < -0.3 is 10.1 Å². The van der Waals surface area contributed by atoms with Crippen molar-refractivity contribution >= 4 is 29.2 Å². The number of para-hydroxylation sites is 1. The van der Waals surface area contributed by atoms with Gasteiger partial charge in [-0.05, 0) is 24.5 Å². The molecule has 25 heavy (non-hydrogen) atoms. The minimum absolute atomic E-state index is 0.137. The van der Waals surface area contributed by atoms with Gasteiger partial charge in [-0.3, -0.25) is 9.59 Å². The lowest BCUT2D eigenvalue weighted by Gasteiger charge is -2.22. The van der Waals surface area contributed by atoms with Crippen molar-refractivity contribution in [2.24, 2.45) is 11.0 Å². The third-order valence-electron chi connectivity index (χ3n) is 3.65. The van der Waals surface area contributed by atoms with Crippen molar-refractivity contribution in [3.05, 3.63) is 30.3 Å². The molecule has 1 aliphatic rings. The molecule has 0 saturated carbocycles. The number of nitrogens with zero attached hydrogens (tertiary/aromatic N) is 2. The summed E-state index contributed by atoms with van der Waals surface area (Å²) in [6.45, 7) is 4.32. The quantitative estimate of drug-likeness (QED) is 0.764. The first kappa shape index (κ1) is 18.6. The molecule has 2 amide bonds. The largest absolute Gasteiger partial charge is 0.451 e. The van der Waals surface area contributed by atoms with Gasteiger partial charge in [0, 0.05) is 19.4 Å². The van der Waals surface area contributed by atoms with E-state index in [0.717, 1.165) is 6.42 Å². The van der Waals surface area contributed by atoms with Gasteiger partial charge in [0.2, 0.25) is 5.91 Å². The van der Waals surface area contributed by atoms with E-state index >= 15 is 0 Å². The molecule has 0 radical (unpaired) electrons. The van der Waals surface area contributed by atoms with E-state index in [0.29, 0.717) is 18.2 Å². The summed E-state index contributed by atoms with van der Waals surface area (Å²) in [6.07, 6.45) is 1.24. The molecule has 1 aromatic rings. The predicted molar refractivity (Wildman–Crippen MR) is 94.0 cm³/mol. The van der Waals surface area contributed by atoms with Gasteiger partial charge in [0.15, 0.2) is 6.61 Å². The lowest BCUT2D eigenvalue weighted by atomic mass is 10.1. The molecular weight excluding hydrogens is 322 g/mol. The van der Waals surface area contributed by atoms with Gasteiger partial charge in [0.05, 0.1) is 5.69 Å². The van der Waals surface area contributed by atoms with Gasteiger partial charge in [0.25, 0.3) is 5.91 Å². The zero-order valence-corrected chi connectivity index (χ0v) is 14.5. The van der Waals surface area contributed by atoms with E-state index in [2.05, 4.69) is 24.3 Å². The number of carbonyl (C=O) groups excluding carboxylic acids is 3. The Hall–Kier alpha value is -2.70. The first-order valence-corrected chi connectivity index (χ1v) is 8.36. The normalized spacial score (nSPS) is 14.3. The van der Waals surface area contributed by atoms with Crippen molar-refractivity contribution in [3.8, 4) is 0 Å². The number of hydrazone groups is 1. The molecule has 1 aromatic carbocycles. The van der Waals surface area contributed by atoms with Crippen LogP contribution in [0.5, 0.6) is 0 Å². The Morgan fingerprint density at radius 3 is 2.64 bits per heavy atom. The summed E-state index contributed by atoms with van der Waals surface area (Å²) in [4.78, 5) is 35.8. The smallest absolute Gasteiger partial charge is 0.355 e. The molecule has 2 rings (SSSR count). The summed E-state index contributed by atoms with van der Waals surface area (Å²) < 4.78 is 5.00. The maximum absolute atomic E-state index is 12.1. The van der Waals surface area contributed by atoms with Crippen molar-refractivity contribution in [3.63, 3.8) is 0 Å². The van der Waals surface area contributed by atoms with Crippen LogP contribution in [0.3, 0.4) is 0 Å². The van der Waals surface area contributed by atoms with Gasteiger partial charge in [-0.1, -0.05) is 32.0 Å². The van der Waals surface area contributed by atoms with E-state index in [-0.39, 0.29) is 37.0 Å². The van der Waals surface area contributed by atoms with Crippen LogP contribution in [0.25, 0.3) is 0 Å². The lowest BCUT2D eigenvalue weighted by Crippen LogP contribution is -2.36. The summed E-state index contributed by atoms with van der Waals surface area (Å²) in [6, 6.07) is 8.86. The average Bonchev–Trinajstić information content (AvgIpc) is 2.60. The van der Waals surface area contributed by atoms with Crippen LogP contribution in [-0.4, -0.2) is 36.6 Å². The molecule has 0 atom stereocenters. The van der Waals surface area contributed by atoms with Crippen LogP contribution in [0.1, 0.15) is 33.1 Å². The third kappa shape index (κ3) is 5.70. The van der Waals surface area contributed by atoms with Gasteiger partial charge in [-0.25, -0.2) is 9.80 Å². The number of rotatable bonds is 7. The first-order chi connectivity index (χ1) is 12.0. The minimum Gasteiger partial charge on any atom is -0.451 e. The Bertz CT molecular complexity index is 656. The molecule has 7 nitrogen and oxygen atoms in total. The van der Waals surface area contributed by atoms with Crippen LogP contribution in [0.4, 0.5) is 5.69 Å². The number of hydrogen-bond acceptors (Lipinski definition) is 5. The maximum Gasteiger partial charge on any atom is 0.355 e. The van der Waals surface area contributed by atoms with E-state index in [4.69, 9.17) is 4.74 Å². The number of nitrogens with one attached hydrogen (secondary N) is 1. The average molecular weight is 345 g/mol.